The van der Waals surface area contributed by atoms with Crippen LogP contribution in [0.25, 0.3) is 0 Å². The second-order valence-corrected chi connectivity index (χ2v) is 5.25. The van der Waals surface area contributed by atoms with Crippen LogP contribution < -0.4 is 25.4 Å². The Morgan fingerprint density at radius 1 is 1.32 bits per heavy atom. The van der Waals surface area contributed by atoms with E-state index in [1.54, 1.807) is 0 Å². The Morgan fingerprint density at radius 3 is 2.47 bits per heavy atom. The van der Waals surface area contributed by atoms with Crippen molar-refractivity contribution in [1.82, 2.24) is 4.98 Å². The number of nitrogen functional groups attached to an aromatic ring is 2. The minimum Gasteiger partial charge on any atom is -0.346 e. The zero-order valence-corrected chi connectivity index (χ0v) is 11.0. The van der Waals surface area contributed by atoms with Crippen molar-refractivity contribution in [2.24, 2.45) is 0 Å². The van der Waals surface area contributed by atoms with E-state index in [0.29, 0.717) is 10.5 Å². The van der Waals surface area contributed by atoms with Crippen LogP contribution in [-0.2, 0) is 10.4 Å². The molecule has 1 aromatic heterocycles. The molecule has 106 valence electrons. The monoisotopic (exact) mass is 290 g/mol. The maximum atomic E-state index is 10.7. The van der Waals surface area contributed by atoms with Gasteiger partial charge in [0.25, 0.3) is 0 Å². The number of piperidine rings is 1. The molecular weight excluding hydrogens is 274 g/mol. The molecule has 0 radical (unpaired) electrons. The highest BCUT2D eigenvalue weighted by atomic mass is 32.3. The van der Waals surface area contributed by atoms with E-state index >= 15 is 0 Å². The van der Waals surface area contributed by atoms with E-state index in [4.69, 9.17) is 16.0 Å². The predicted molar refractivity (Wildman–Crippen MR) is 67.4 cm³/mol. The molecule has 1 aromatic rings. The molecule has 0 aliphatic carbocycles. The number of hydrogen-bond acceptors (Lipinski definition) is 7. The van der Waals surface area contributed by atoms with E-state index in [1.165, 1.54) is 12.5 Å². The first-order chi connectivity index (χ1) is 8.87. The van der Waals surface area contributed by atoms with Gasteiger partial charge in [-0.3, -0.25) is 4.55 Å². The van der Waals surface area contributed by atoms with Crippen molar-refractivity contribution in [2.75, 3.05) is 29.5 Å². The van der Waals surface area contributed by atoms with Gasteiger partial charge in [0.1, 0.15) is 0 Å². The molecular formula is C9H16N5O4S+. The average Bonchev–Trinajstić information content (AvgIpc) is 2.33. The number of anilines is 3. The Balaban J connectivity index is 2.30. The molecule has 0 amide bonds. The lowest BCUT2D eigenvalue weighted by molar-refractivity contribution is -0.835. The number of aromatic nitrogens is 2. The first-order valence-electron chi connectivity index (χ1n) is 5.77. The zero-order valence-electron chi connectivity index (χ0n) is 10.2. The van der Waals surface area contributed by atoms with Crippen LogP contribution in [-0.4, -0.2) is 31.0 Å². The van der Waals surface area contributed by atoms with Gasteiger partial charge in [0, 0.05) is 13.1 Å². The number of nitrogens with zero attached hydrogens (tertiary/aromatic N) is 3. The van der Waals surface area contributed by atoms with Crippen molar-refractivity contribution in [3.8, 4) is 0 Å². The normalized spacial score (nSPS) is 16.4. The second kappa shape index (κ2) is 5.05. The van der Waals surface area contributed by atoms with Crippen LogP contribution in [0.2, 0.25) is 0 Å². The van der Waals surface area contributed by atoms with Gasteiger partial charge in [-0.05, 0) is 24.0 Å². The maximum Gasteiger partial charge on any atom is 0.474 e. The molecule has 10 heteroatoms. The van der Waals surface area contributed by atoms with Crippen molar-refractivity contribution in [3.63, 3.8) is 0 Å². The molecule has 2 heterocycles. The van der Waals surface area contributed by atoms with Crippen molar-refractivity contribution in [3.05, 3.63) is 6.07 Å². The summed E-state index contributed by atoms with van der Waals surface area (Å²) >= 11 is 0. The predicted octanol–water partition coefficient (Wildman–Crippen LogP) is -1.24. The topological polar surface area (TPSA) is 136 Å². The van der Waals surface area contributed by atoms with Crippen LogP contribution in [0.5, 0.6) is 0 Å². The van der Waals surface area contributed by atoms with Crippen molar-refractivity contribution in [2.45, 2.75) is 19.3 Å². The molecule has 5 N–H and O–H groups in total. The molecule has 9 nitrogen and oxygen atoms in total. The lowest BCUT2D eigenvalue weighted by Gasteiger charge is -2.26. The zero-order chi connectivity index (χ0) is 14.0. The average molecular weight is 290 g/mol. The van der Waals surface area contributed by atoms with Gasteiger partial charge in [-0.15, -0.1) is 0 Å². The molecule has 0 saturated carbocycles. The first-order valence-corrected chi connectivity index (χ1v) is 7.14. The van der Waals surface area contributed by atoms with Crippen LogP contribution in [0.15, 0.2) is 6.07 Å². The first kappa shape index (κ1) is 13.6. The summed E-state index contributed by atoms with van der Waals surface area (Å²) in [6, 6.07) is 1.45. The molecule has 0 aromatic carbocycles. The Hall–Kier alpha value is -1.81. The van der Waals surface area contributed by atoms with Gasteiger partial charge in [0.15, 0.2) is 5.82 Å². The molecule has 1 aliphatic heterocycles. The van der Waals surface area contributed by atoms with E-state index < -0.39 is 10.4 Å². The van der Waals surface area contributed by atoms with Gasteiger partial charge in [-0.1, -0.05) is 4.98 Å². The smallest absolute Gasteiger partial charge is 0.346 e. The molecule has 19 heavy (non-hydrogen) atoms. The molecule has 0 bridgehead atoms. The van der Waals surface area contributed by atoms with Gasteiger partial charge in [0.2, 0.25) is 5.82 Å². The van der Waals surface area contributed by atoms with Gasteiger partial charge in [-0.25, -0.2) is 4.28 Å². The Bertz CT molecular complexity index is 547. The standard InChI is InChI=1S/C9H15N5O4S/c10-7-6-8(13-4-2-1-3-5-13)12-9(11)14(7)18-19(15,16)17/h6H,1-5H2,(H4,10,11,12,15,16,17)/p+1. The summed E-state index contributed by atoms with van der Waals surface area (Å²) in [5.41, 5.74) is 11.2. The highest BCUT2D eigenvalue weighted by Crippen LogP contribution is 2.18. The molecule has 0 atom stereocenters. The third-order valence-electron chi connectivity index (χ3n) is 2.80. The third kappa shape index (κ3) is 3.35. The minimum atomic E-state index is -4.71. The molecule has 1 saturated heterocycles. The Kier molecular flexibility index (Phi) is 3.62. The molecule has 0 unspecified atom stereocenters. The molecule has 2 rings (SSSR count). The van der Waals surface area contributed by atoms with Crippen molar-refractivity contribution < 1.29 is 22.0 Å². The fourth-order valence-corrected chi connectivity index (χ4v) is 2.33. The highest BCUT2D eigenvalue weighted by molar-refractivity contribution is 7.80. The largest absolute Gasteiger partial charge is 0.474 e. The molecule has 1 aliphatic rings. The van der Waals surface area contributed by atoms with Crippen LogP contribution in [0.4, 0.5) is 17.6 Å². The van der Waals surface area contributed by atoms with E-state index in [0.717, 1.165) is 25.9 Å². The van der Waals surface area contributed by atoms with Crippen LogP contribution in [0.1, 0.15) is 19.3 Å². The van der Waals surface area contributed by atoms with E-state index in [9.17, 15) is 8.42 Å². The van der Waals surface area contributed by atoms with Gasteiger partial charge >= 0.3 is 16.3 Å². The number of hydrogen-bond donors (Lipinski definition) is 3. The van der Waals surface area contributed by atoms with Crippen molar-refractivity contribution in [1.29, 1.82) is 0 Å². The van der Waals surface area contributed by atoms with E-state index in [2.05, 4.69) is 9.27 Å². The second-order valence-electron chi connectivity index (χ2n) is 4.24. The fraction of sp³-hybridized carbons (Fsp3) is 0.556. The van der Waals surface area contributed by atoms with Crippen LogP contribution in [0, 0.1) is 0 Å². The van der Waals surface area contributed by atoms with Gasteiger partial charge in [-0.2, -0.15) is 8.42 Å². The summed E-state index contributed by atoms with van der Waals surface area (Å²) in [5.74, 6) is 0.244. The van der Waals surface area contributed by atoms with Crippen LogP contribution in [0.3, 0.4) is 0 Å². The summed E-state index contributed by atoms with van der Waals surface area (Å²) in [7, 11) is -4.71. The fourth-order valence-electron chi connectivity index (χ4n) is 1.98. The summed E-state index contributed by atoms with van der Waals surface area (Å²) in [6.07, 6.45) is 3.27. The highest BCUT2D eigenvalue weighted by Gasteiger charge is 2.23. The summed E-state index contributed by atoms with van der Waals surface area (Å²) < 4.78 is 34.7. The lowest BCUT2D eigenvalue weighted by Crippen LogP contribution is -2.51. The third-order valence-corrected chi connectivity index (χ3v) is 3.13. The summed E-state index contributed by atoms with van der Waals surface area (Å²) in [6.45, 7) is 1.68. The number of nitrogens with two attached hydrogens (primary N) is 2. The Labute approximate surface area is 110 Å². The van der Waals surface area contributed by atoms with Crippen molar-refractivity contribution >= 4 is 28.0 Å². The van der Waals surface area contributed by atoms with Gasteiger partial charge < -0.3 is 16.4 Å². The molecule has 0 spiro atoms. The summed E-state index contributed by atoms with van der Waals surface area (Å²) in [5, 5.41) is 0. The quantitative estimate of drug-likeness (QED) is 0.464. The SMILES string of the molecule is Nc1cc(N2CCCCC2)nc(N)[n+]1OS(=O)(=O)O. The minimum absolute atomic E-state index is 0.0642. The Morgan fingerprint density at radius 2 is 1.95 bits per heavy atom. The summed E-state index contributed by atoms with van der Waals surface area (Å²) in [4.78, 5) is 6.04. The maximum absolute atomic E-state index is 10.7. The van der Waals surface area contributed by atoms with E-state index in [1.807, 2.05) is 4.90 Å². The van der Waals surface area contributed by atoms with Crippen LogP contribution >= 0.6 is 0 Å². The van der Waals surface area contributed by atoms with Gasteiger partial charge in [0.05, 0.1) is 6.07 Å². The van der Waals surface area contributed by atoms with E-state index in [-0.39, 0.29) is 11.8 Å². The number of rotatable bonds is 3. The molecule has 1 fully saturated rings. The lowest BCUT2D eigenvalue weighted by atomic mass is 10.1.